The van der Waals surface area contributed by atoms with Crippen LogP contribution in [0.1, 0.15) is 17.4 Å². The van der Waals surface area contributed by atoms with Gasteiger partial charge in [-0.3, -0.25) is 4.79 Å². The molecular formula is C10H12ClNOS. The summed E-state index contributed by atoms with van der Waals surface area (Å²) in [5, 5.41) is 1.68. The molecule has 0 saturated carbocycles. The first-order valence-electron chi connectivity index (χ1n) is 4.66. The van der Waals surface area contributed by atoms with E-state index in [-0.39, 0.29) is 5.91 Å². The molecule has 0 fully saturated rings. The van der Waals surface area contributed by atoms with E-state index in [0.29, 0.717) is 0 Å². The van der Waals surface area contributed by atoms with Crippen molar-refractivity contribution in [1.82, 2.24) is 4.90 Å². The molecule has 1 aromatic rings. The Morgan fingerprint density at radius 3 is 3.21 bits per heavy atom. The Balaban J connectivity index is 2.11. The number of rotatable bonds is 1. The van der Waals surface area contributed by atoms with Crippen LogP contribution >= 0.6 is 22.9 Å². The summed E-state index contributed by atoms with van der Waals surface area (Å²) in [6, 6.07) is 2.10. The van der Waals surface area contributed by atoms with Crippen LogP contribution in [-0.2, 0) is 17.8 Å². The quantitative estimate of drug-likeness (QED) is 0.677. The summed E-state index contributed by atoms with van der Waals surface area (Å²) in [4.78, 5) is 14.9. The van der Waals surface area contributed by atoms with E-state index in [0.717, 1.165) is 19.5 Å². The highest BCUT2D eigenvalue weighted by Gasteiger charge is 2.23. The maximum absolute atomic E-state index is 11.6. The topological polar surface area (TPSA) is 20.3 Å². The van der Waals surface area contributed by atoms with Gasteiger partial charge in [0.25, 0.3) is 0 Å². The molecule has 1 aliphatic rings. The van der Waals surface area contributed by atoms with Gasteiger partial charge >= 0.3 is 0 Å². The van der Waals surface area contributed by atoms with Crippen LogP contribution in [0.2, 0.25) is 0 Å². The van der Waals surface area contributed by atoms with E-state index < -0.39 is 5.38 Å². The number of carbonyl (C=O) groups excluding carboxylic acids is 1. The number of thiophene rings is 1. The van der Waals surface area contributed by atoms with Crippen LogP contribution in [0.4, 0.5) is 0 Å². The summed E-state index contributed by atoms with van der Waals surface area (Å²) in [6.07, 6.45) is 0.975. The van der Waals surface area contributed by atoms with Crippen molar-refractivity contribution in [1.29, 1.82) is 0 Å². The number of carbonyl (C=O) groups is 1. The smallest absolute Gasteiger partial charge is 0.240 e. The second-order valence-electron chi connectivity index (χ2n) is 3.49. The minimum absolute atomic E-state index is 0.0449. The lowest BCUT2D eigenvalue weighted by Crippen LogP contribution is -2.38. The lowest BCUT2D eigenvalue weighted by molar-refractivity contribution is -0.131. The Hall–Kier alpha value is -0.540. The average Bonchev–Trinajstić information content (AvgIpc) is 2.62. The molecule has 76 valence electrons. The molecule has 0 unspecified atom stereocenters. The van der Waals surface area contributed by atoms with Gasteiger partial charge in [0.2, 0.25) is 5.91 Å². The van der Waals surface area contributed by atoms with Crippen LogP contribution < -0.4 is 0 Å². The summed E-state index contributed by atoms with van der Waals surface area (Å²) in [7, 11) is 0. The molecule has 1 amide bonds. The summed E-state index contributed by atoms with van der Waals surface area (Å²) < 4.78 is 0. The summed E-state index contributed by atoms with van der Waals surface area (Å²) in [5.74, 6) is 0.0449. The highest BCUT2D eigenvalue weighted by molar-refractivity contribution is 7.10. The van der Waals surface area contributed by atoms with Gasteiger partial charge in [-0.05, 0) is 30.4 Å². The molecule has 1 aromatic heterocycles. The third kappa shape index (κ3) is 1.79. The SMILES string of the molecule is C[C@H](Cl)C(=O)N1CCc2sccc2C1. The molecule has 1 aliphatic heterocycles. The molecule has 2 heterocycles. The fraction of sp³-hybridized carbons (Fsp3) is 0.500. The van der Waals surface area contributed by atoms with Gasteiger partial charge < -0.3 is 4.90 Å². The van der Waals surface area contributed by atoms with Gasteiger partial charge in [0.05, 0.1) is 0 Å². The van der Waals surface area contributed by atoms with Crippen LogP contribution in [0.15, 0.2) is 11.4 Å². The molecule has 1 atom stereocenters. The summed E-state index contributed by atoms with van der Waals surface area (Å²) in [5.41, 5.74) is 1.28. The van der Waals surface area contributed by atoms with Crippen LogP contribution in [0.5, 0.6) is 0 Å². The van der Waals surface area contributed by atoms with Gasteiger partial charge in [-0.25, -0.2) is 0 Å². The molecule has 2 nitrogen and oxygen atoms in total. The van der Waals surface area contributed by atoms with Crippen molar-refractivity contribution in [3.63, 3.8) is 0 Å². The van der Waals surface area contributed by atoms with Gasteiger partial charge in [-0.1, -0.05) is 0 Å². The van der Waals surface area contributed by atoms with Crippen LogP contribution in [0.3, 0.4) is 0 Å². The standard InChI is InChI=1S/C10H12ClNOS/c1-7(11)10(13)12-4-2-9-8(6-12)3-5-14-9/h3,5,7H,2,4,6H2,1H3/t7-/m0/s1. The number of hydrogen-bond donors (Lipinski definition) is 0. The second kappa shape index (κ2) is 3.91. The van der Waals surface area contributed by atoms with E-state index in [1.165, 1.54) is 10.4 Å². The van der Waals surface area contributed by atoms with Crippen molar-refractivity contribution in [3.05, 3.63) is 21.9 Å². The fourth-order valence-corrected chi connectivity index (χ4v) is 2.72. The summed E-state index contributed by atoms with van der Waals surface area (Å²) in [6.45, 7) is 3.27. The molecule has 2 rings (SSSR count). The zero-order valence-electron chi connectivity index (χ0n) is 8.00. The lowest BCUT2D eigenvalue weighted by Gasteiger charge is -2.27. The molecule has 0 bridgehead atoms. The van der Waals surface area contributed by atoms with Crippen molar-refractivity contribution in [2.45, 2.75) is 25.3 Å². The van der Waals surface area contributed by atoms with Crippen LogP contribution in [0.25, 0.3) is 0 Å². The minimum atomic E-state index is -0.407. The highest BCUT2D eigenvalue weighted by atomic mass is 35.5. The van der Waals surface area contributed by atoms with Crippen molar-refractivity contribution in [2.24, 2.45) is 0 Å². The largest absolute Gasteiger partial charge is 0.337 e. The predicted octanol–water partition coefficient (Wildman–Crippen LogP) is 2.26. The maximum Gasteiger partial charge on any atom is 0.240 e. The van der Waals surface area contributed by atoms with E-state index >= 15 is 0 Å². The highest BCUT2D eigenvalue weighted by Crippen LogP contribution is 2.24. The molecule has 0 N–H and O–H groups in total. The normalized spacial score (nSPS) is 17.7. The Kier molecular flexibility index (Phi) is 2.79. The Morgan fingerprint density at radius 2 is 2.50 bits per heavy atom. The van der Waals surface area contributed by atoms with Crippen LogP contribution in [-0.4, -0.2) is 22.7 Å². The van der Waals surface area contributed by atoms with Gasteiger partial charge in [-0.15, -0.1) is 22.9 Å². The van der Waals surface area contributed by atoms with E-state index in [2.05, 4.69) is 11.4 Å². The lowest BCUT2D eigenvalue weighted by atomic mass is 10.1. The zero-order valence-corrected chi connectivity index (χ0v) is 9.57. The number of nitrogens with zero attached hydrogens (tertiary/aromatic N) is 1. The molecule has 0 radical (unpaired) electrons. The number of fused-ring (bicyclic) bond motifs is 1. The monoisotopic (exact) mass is 229 g/mol. The first-order chi connectivity index (χ1) is 6.68. The van der Waals surface area contributed by atoms with Gasteiger partial charge in [-0.2, -0.15) is 0 Å². The number of amides is 1. The van der Waals surface area contributed by atoms with Crippen molar-refractivity contribution in [2.75, 3.05) is 6.54 Å². The molecule has 4 heteroatoms. The first-order valence-corrected chi connectivity index (χ1v) is 5.98. The van der Waals surface area contributed by atoms with Gasteiger partial charge in [0, 0.05) is 18.0 Å². The number of hydrogen-bond acceptors (Lipinski definition) is 2. The van der Waals surface area contributed by atoms with Crippen LogP contribution in [0, 0.1) is 0 Å². The Labute approximate surface area is 92.5 Å². The second-order valence-corrected chi connectivity index (χ2v) is 5.15. The molecule has 0 aromatic carbocycles. The third-order valence-electron chi connectivity index (χ3n) is 2.46. The number of halogens is 1. The summed E-state index contributed by atoms with van der Waals surface area (Å²) >= 11 is 7.55. The molecular weight excluding hydrogens is 218 g/mol. The first kappa shape index (κ1) is 9.99. The fourth-order valence-electron chi connectivity index (χ4n) is 1.69. The van der Waals surface area contributed by atoms with E-state index in [4.69, 9.17) is 11.6 Å². The van der Waals surface area contributed by atoms with Crippen molar-refractivity contribution in [3.8, 4) is 0 Å². The molecule has 14 heavy (non-hydrogen) atoms. The Bertz CT molecular complexity index is 348. The van der Waals surface area contributed by atoms with E-state index in [9.17, 15) is 4.79 Å². The maximum atomic E-state index is 11.6. The molecule has 0 saturated heterocycles. The van der Waals surface area contributed by atoms with E-state index in [1.807, 2.05) is 4.90 Å². The third-order valence-corrected chi connectivity index (χ3v) is 3.67. The zero-order chi connectivity index (χ0) is 10.1. The van der Waals surface area contributed by atoms with Gasteiger partial charge in [0.15, 0.2) is 0 Å². The Morgan fingerprint density at radius 1 is 1.71 bits per heavy atom. The molecule has 0 spiro atoms. The minimum Gasteiger partial charge on any atom is -0.337 e. The van der Waals surface area contributed by atoms with Gasteiger partial charge in [0.1, 0.15) is 5.38 Å². The van der Waals surface area contributed by atoms with Crippen molar-refractivity contribution >= 4 is 28.8 Å². The van der Waals surface area contributed by atoms with Crippen molar-refractivity contribution < 1.29 is 4.79 Å². The van der Waals surface area contributed by atoms with E-state index in [1.54, 1.807) is 18.3 Å². The number of alkyl halides is 1. The average molecular weight is 230 g/mol. The molecule has 0 aliphatic carbocycles. The predicted molar refractivity (Wildman–Crippen MR) is 58.8 cm³/mol.